The molecular weight excluding hydrogens is 260 g/mol. The quantitative estimate of drug-likeness (QED) is 0.922. The number of piperidine rings is 1. The average Bonchev–Trinajstić information content (AvgIpc) is 2.91. The van der Waals surface area contributed by atoms with Gasteiger partial charge in [-0.1, -0.05) is 6.07 Å². The van der Waals surface area contributed by atoms with Crippen molar-refractivity contribution in [1.29, 1.82) is 0 Å². The molecule has 1 saturated heterocycles. The molecule has 1 fully saturated rings. The zero-order chi connectivity index (χ0) is 13.8. The van der Waals surface area contributed by atoms with Crippen LogP contribution in [-0.2, 0) is 4.79 Å². The van der Waals surface area contributed by atoms with Crippen LogP contribution >= 0.6 is 11.3 Å². The van der Waals surface area contributed by atoms with Gasteiger partial charge in [0.05, 0.1) is 10.8 Å². The number of thiophene rings is 1. The van der Waals surface area contributed by atoms with Gasteiger partial charge in [0.25, 0.3) is 5.91 Å². The van der Waals surface area contributed by atoms with E-state index in [2.05, 4.69) is 5.32 Å². The lowest BCUT2D eigenvalue weighted by molar-refractivity contribution is -0.126. The topological polar surface area (TPSA) is 49.4 Å². The standard InChI is InChI=1S/C14H20N2O2S/c1-10(2)15-13(17)11-5-3-7-16(9-11)14(18)12-6-4-8-19-12/h4,6,8,10-11H,3,5,7,9H2,1-2H3,(H,15,17). The molecule has 0 bridgehead atoms. The maximum absolute atomic E-state index is 12.3. The first-order valence-corrected chi connectivity index (χ1v) is 7.59. The number of amides is 2. The molecule has 1 aliphatic rings. The molecule has 104 valence electrons. The summed E-state index contributed by atoms with van der Waals surface area (Å²) in [7, 11) is 0. The monoisotopic (exact) mass is 280 g/mol. The van der Waals surface area contributed by atoms with Crippen molar-refractivity contribution in [2.45, 2.75) is 32.7 Å². The molecule has 1 unspecified atom stereocenters. The highest BCUT2D eigenvalue weighted by molar-refractivity contribution is 7.12. The maximum atomic E-state index is 12.3. The summed E-state index contributed by atoms with van der Waals surface area (Å²) in [6, 6.07) is 3.87. The first kappa shape index (κ1) is 14.1. The molecule has 2 amide bonds. The number of nitrogens with one attached hydrogen (secondary N) is 1. The molecule has 1 aromatic rings. The summed E-state index contributed by atoms with van der Waals surface area (Å²) >= 11 is 1.45. The van der Waals surface area contributed by atoms with E-state index in [1.54, 1.807) is 4.90 Å². The lowest BCUT2D eigenvalue weighted by Crippen LogP contribution is -2.46. The molecule has 0 aliphatic carbocycles. The lowest BCUT2D eigenvalue weighted by Gasteiger charge is -2.32. The van der Waals surface area contributed by atoms with E-state index < -0.39 is 0 Å². The van der Waals surface area contributed by atoms with Crippen molar-refractivity contribution in [2.75, 3.05) is 13.1 Å². The minimum atomic E-state index is -0.0694. The smallest absolute Gasteiger partial charge is 0.263 e. The molecule has 2 heterocycles. The zero-order valence-electron chi connectivity index (χ0n) is 11.4. The normalized spacial score (nSPS) is 19.5. The Morgan fingerprint density at radius 2 is 2.26 bits per heavy atom. The van der Waals surface area contributed by atoms with Gasteiger partial charge in [-0.15, -0.1) is 11.3 Å². The predicted octanol–water partition coefficient (Wildman–Crippen LogP) is 2.12. The minimum Gasteiger partial charge on any atom is -0.354 e. The van der Waals surface area contributed by atoms with Crippen molar-refractivity contribution >= 4 is 23.2 Å². The minimum absolute atomic E-state index is 0.0528. The van der Waals surface area contributed by atoms with Crippen LogP contribution in [0.25, 0.3) is 0 Å². The predicted molar refractivity (Wildman–Crippen MR) is 76.2 cm³/mol. The van der Waals surface area contributed by atoms with Crippen LogP contribution in [-0.4, -0.2) is 35.8 Å². The summed E-state index contributed by atoms with van der Waals surface area (Å²) in [5, 5.41) is 4.84. The Labute approximate surface area is 117 Å². The Kier molecular flexibility index (Phi) is 4.58. The number of likely N-dealkylation sites (tertiary alicyclic amines) is 1. The van der Waals surface area contributed by atoms with Crippen molar-refractivity contribution in [3.05, 3.63) is 22.4 Å². The van der Waals surface area contributed by atoms with Gasteiger partial charge in [-0.05, 0) is 38.1 Å². The van der Waals surface area contributed by atoms with Gasteiger partial charge in [0.2, 0.25) is 5.91 Å². The van der Waals surface area contributed by atoms with Gasteiger partial charge in [-0.3, -0.25) is 9.59 Å². The van der Waals surface area contributed by atoms with E-state index in [4.69, 9.17) is 0 Å². The second-order valence-electron chi connectivity index (χ2n) is 5.23. The Balaban J connectivity index is 1.97. The third-order valence-corrected chi connectivity index (χ3v) is 4.10. The first-order valence-electron chi connectivity index (χ1n) is 6.71. The average molecular weight is 280 g/mol. The second kappa shape index (κ2) is 6.19. The van der Waals surface area contributed by atoms with Crippen LogP contribution in [0, 0.1) is 5.92 Å². The highest BCUT2D eigenvalue weighted by Gasteiger charge is 2.29. The summed E-state index contributed by atoms with van der Waals surface area (Å²) in [4.78, 5) is 26.8. The van der Waals surface area contributed by atoms with Gasteiger partial charge in [0.15, 0.2) is 0 Å². The van der Waals surface area contributed by atoms with Crippen molar-refractivity contribution < 1.29 is 9.59 Å². The first-order chi connectivity index (χ1) is 9.08. The lowest BCUT2D eigenvalue weighted by atomic mass is 9.96. The molecule has 1 aromatic heterocycles. The van der Waals surface area contributed by atoms with E-state index in [0.29, 0.717) is 6.54 Å². The molecule has 1 N–H and O–H groups in total. The number of hydrogen-bond donors (Lipinski definition) is 1. The van der Waals surface area contributed by atoms with E-state index in [0.717, 1.165) is 24.3 Å². The summed E-state index contributed by atoms with van der Waals surface area (Å²) in [5.41, 5.74) is 0. The van der Waals surface area contributed by atoms with Gasteiger partial charge >= 0.3 is 0 Å². The Bertz CT molecular complexity index is 442. The summed E-state index contributed by atoms with van der Waals surface area (Å²) < 4.78 is 0. The van der Waals surface area contributed by atoms with E-state index in [1.165, 1.54) is 11.3 Å². The van der Waals surface area contributed by atoms with E-state index in [1.807, 2.05) is 31.4 Å². The number of hydrogen-bond acceptors (Lipinski definition) is 3. The highest BCUT2D eigenvalue weighted by atomic mass is 32.1. The molecule has 0 spiro atoms. The van der Waals surface area contributed by atoms with Crippen LogP contribution in [0.15, 0.2) is 17.5 Å². The SMILES string of the molecule is CC(C)NC(=O)C1CCCN(C(=O)c2cccs2)C1. The third-order valence-electron chi connectivity index (χ3n) is 3.24. The molecule has 2 rings (SSSR count). The van der Waals surface area contributed by atoms with Crippen molar-refractivity contribution in [3.63, 3.8) is 0 Å². The third kappa shape index (κ3) is 3.56. The summed E-state index contributed by atoms with van der Waals surface area (Å²) in [6.45, 7) is 5.20. The Morgan fingerprint density at radius 1 is 1.47 bits per heavy atom. The maximum Gasteiger partial charge on any atom is 0.263 e. The van der Waals surface area contributed by atoms with Crippen LogP contribution < -0.4 is 5.32 Å². The highest BCUT2D eigenvalue weighted by Crippen LogP contribution is 2.20. The molecule has 4 nitrogen and oxygen atoms in total. The van der Waals surface area contributed by atoms with Crippen LogP contribution in [0.2, 0.25) is 0 Å². The second-order valence-corrected chi connectivity index (χ2v) is 6.18. The molecule has 0 aromatic carbocycles. The molecule has 19 heavy (non-hydrogen) atoms. The van der Waals surface area contributed by atoms with Crippen molar-refractivity contribution in [1.82, 2.24) is 10.2 Å². The van der Waals surface area contributed by atoms with Gasteiger partial charge in [-0.25, -0.2) is 0 Å². The van der Waals surface area contributed by atoms with Gasteiger partial charge in [-0.2, -0.15) is 0 Å². The summed E-state index contributed by atoms with van der Waals surface area (Å²) in [5.74, 6) is 0.0517. The van der Waals surface area contributed by atoms with E-state index >= 15 is 0 Å². The molecule has 0 radical (unpaired) electrons. The van der Waals surface area contributed by atoms with Crippen LogP contribution in [0.5, 0.6) is 0 Å². The van der Waals surface area contributed by atoms with E-state index in [9.17, 15) is 9.59 Å². The summed E-state index contributed by atoms with van der Waals surface area (Å²) in [6.07, 6.45) is 1.76. The molecule has 1 atom stereocenters. The van der Waals surface area contributed by atoms with Crippen molar-refractivity contribution in [3.8, 4) is 0 Å². The van der Waals surface area contributed by atoms with Gasteiger partial charge < -0.3 is 10.2 Å². The number of nitrogens with zero attached hydrogens (tertiary/aromatic N) is 1. The number of carbonyl (C=O) groups excluding carboxylic acids is 2. The molecule has 1 aliphatic heterocycles. The Hall–Kier alpha value is -1.36. The molecule has 5 heteroatoms. The fraction of sp³-hybridized carbons (Fsp3) is 0.571. The fourth-order valence-corrected chi connectivity index (χ4v) is 3.02. The van der Waals surface area contributed by atoms with E-state index in [-0.39, 0.29) is 23.8 Å². The van der Waals surface area contributed by atoms with Gasteiger partial charge in [0.1, 0.15) is 0 Å². The fourth-order valence-electron chi connectivity index (χ4n) is 2.33. The zero-order valence-corrected chi connectivity index (χ0v) is 12.2. The molecular formula is C14H20N2O2S. The van der Waals surface area contributed by atoms with Crippen LogP contribution in [0.4, 0.5) is 0 Å². The van der Waals surface area contributed by atoms with Gasteiger partial charge in [0, 0.05) is 19.1 Å². The molecule has 0 saturated carbocycles. The number of carbonyl (C=O) groups is 2. The Morgan fingerprint density at radius 3 is 2.89 bits per heavy atom. The largest absolute Gasteiger partial charge is 0.354 e. The van der Waals surface area contributed by atoms with Crippen LogP contribution in [0.3, 0.4) is 0 Å². The van der Waals surface area contributed by atoms with Crippen LogP contribution in [0.1, 0.15) is 36.4 Å². The number of rotatable bonds is 3. The van der Waals surface area contributed by atoms with Crippen molar-refractivity contribution in [2.24, 2.45) is 5.92 Å².